The molecule has 5 heteroatoms. The molecular formula is C16H24N2O3. The number of nitrogens with one attached hydrogen (secondary N) is 1. The van der Waals surface area contributed by atoms with Gasteiger partial charge in [-0.2, -0.15) is 0 Å². The first-order valence-corrected chi connectivity index (χ1v) is 7.49. The fourth-order valence-corrected chi connectivity index (χ4v) is 2.52. The van der Waals surface area contributed by atoms with Gasteiger partial charge >= 0.3 is 0 Å². The number of ether oxygens (including phenoxy) is 2. The highest BCUT2D eigenvalue weighted by Gasteiger charge is 2.16. The Labute approximate surface area is 125 Å². The normalized spacial score (nSPS) is 15.7. The minimum absolute atomic E-state index is 0.0415. The van der Waals surface area contributed by atoms with Crippen molar-refractivity contribution in [3.05, 3.63) is 29.3 Å². The van der Waals surface area contributed by atoms with Crippen molar-refractivity contribution < 1.29 is 14.3 Å². The molecule has 1 aliphatic rings. The molecule has 0 aromatic heterocycles. The number of hydrogen-bond acceptors (Lipinski definition) is 4. The monoisotopic (exact) mass is 292 g/mol. The highest BCUT2D eigenvalue weighted by Crippen LogP contribution is 2.23. The Morgan fingerprint density at radius 1 is 1.43 bits per heavy atom. The van der Waals surface area contributed by atoms with Gasteiger partial charge in [0, 0.05) is 19.3 Å². The van der Waals surface area contributed by atoms with E-state index < -0.39 is 0 Å². The van der Waals surface area contributed by atoms with Crippen LogP contribution in [0.1, 0.15) is 24.0 Å². The molecule has 0 unspecified atom stereocenters. The van der Waals surface area contributed by atoms with E-state index >= 15 is 0 Å². The third-order valence-electron chi connectivity index (χ3n) is 3.64. The summed E-state index contributed by atoms with van der Waals surface area (Å²) < 4.78 is 11.0. The van der Waals surface area contributed by atoms with E-state index in [1.165, 1.54) is 0 Å². The lowest BCUT2D eigenvalue weighted by molar-refractivity contribution is -0.124. The van der Waals surface area contributed by atoms with Gasteiger partial charge in [-0.25, -0.2) is 0 Å². The summed E-state index contributed by atoms with van der Waals surface area (Å²) in [6.45, 7) is 4.01. The Morgan fingerprint density at radius 2 is 2.19 bits per heavy atom. The van der Waals surface area contributed by atoms with Gasteiger partial charge < -0.3 is 20.5 Å². The van der Waals surface area contributed by atoms with E-state index in [2.05, 4.69) is 5.32 Å². The first kappa shape index (κ1) is 15.8. The third-order valence-corrected chi connectivity index (χ3v) is 3.64. The van der Waals surface area contributed by atoms with Gasteiger partial charge in [0.1, 0.15) is 5.75 Å². The minimum Gasteiger partial charge on any atom is -0.483 e. The lowest BCUT2D eigenvalue weighted by Crippen LogP contribution is -2.41. The molecule has 0 radical (unpaired) electrons. The smallest absolute Gasteiger partial charge is 0.258 e. The molecule has 5 nitrogen and oxygen atoms in total. The molecule has 116 valence electrons. The Morgan fingerprint density at radius 3 is 2.90 bits per heavy atom. The standard InChI is InChI=1S/C16H24N2O3/c1-12-3-2-4-13(5-8-17)16(12)21-11-15(19)18-14-6-9-20-10-7-14/h2-4,14H,5-11,17H2,1H3,(H,18,19). The van der Waals surface area contributed by atoms with Crippen molar-refractivity contribution in [2.45, 2.75) is 32.2 Å². The van der Waals surface area contributed by atoms with E-state index in [4.69, 9.17) is 15.2 Å². The van der Waals surface area contributed by atoms with Crippen LogP contribution in [0.3, 0.4) is 0 Å². The highest BCUT2D eigenvalue weighted by atomic mass is 16.5. The van der Waals surface area contributed by atoms with Crippen molar-refractivity contribution in [1.29, 1.82) is 0 Å². The van der Waals surface area contributed by atoms with E-state index in [9.17, 15) is 4.79 Å². The summed E-state index contributed by atoms with van der Waals surface area (Å²) >= 11 is 0. The fourth-order valence-electron chi connectivity index (χ4n) is 2.52. The van der Waals surface area contributed by atoms with Gasteiger partial charge in [0.2, 0.25) is 0 Å². The number of aryl methyl sites for hydroxylation is 1. The maximum absolute atomic E-state index is 12.0. The predicted molar refractivity (Wildman–Crippen MR) is 81.4 cm³/mol. The molecule has 0 saturated carbocycles. The molecule has 1 aromatic rings. The molecule has 2 rings (SSSR count). The van der Waals surface area contributed by atoms with Crippen LogP contribution in [0.15, 0.2) is 18.2 Å². The van der Waals surface area contributed by atoms with Crippen LogP contribution in [-0.4, -0.2) is 38.3 Å². The molecule has 1 fully saturated rings. The zero-order valence-electron chi connectivity index (χ0n) is 12.6. The number of nitrogens with two attached hydrogens (primary N) is 1. The topological polar surface area (TPSA) is 73.6 Å². The second-order valence-electron chi connectivity index (χ2n) is 5.34. The second kappa shape index (κ2) is 8.00. The SMILES string of the molecule is Cc1cccc(CCN)c1OCC(=O)NC1CCOCC1. The zero-order chi connectivity index (χ0) is 15.1. The first-order chi connectivity index (χ1) is 10.2. The van der Waals surface area contributed by atoms with E-state index in [-0.39, 0.29) is 18.6 Å². The van der Waals surface area contributed by atoms with Crippen molar-refractivity contribution in [2.75, 3.05) is 26.4 Å². The van der Waals surface area contributed by atoms with Gasteiger partial charge in [0.25, 0.3) is 5.91 Å². The van der Waals surface area contributed by atoms with Crippen molar-refractivity contribution in [3.8, 4) is 5.75 Å². The van der Waals surface area contributed by atoms with Gasteiger partial charge in [-0.1, -0.05) is 18.2 Å². The molecular weight excluding hydrogens is 268 g/mol. The predicted octanol–water partition coefficient (Wildman–Crippen LogP) is 1.17. The Kier molecular flexibility index (Phi) is 6.02. The maximum atomic E-state index is 12.0. The molecule has 0 bridgehead atoms. The molecule has 3 N–H and O–H groups in total. The van der Waals surface area contributed by atoms with E-state index in [0.717, 1.165) is 36.1 Å². The number of benzene rings is 1. The van der Waals surface area contributed by atoms with Gasteiger partial charge in [-0.3, -0.25) is 4.79 Å². The van der Waals surface area contributed by atoms with Crippen LogP contribution in [0, 0.1) is 6.92 Å². The summed E-state index contributed by atoms with van der Waals surface area (Å²) in [5, 5.41) is 2.99. The molecule has 1 heterocycles. The fraction of sp³-hybridized carbons (Fsp3) is 0.562. The first-order valence-electron chi connectivity index (χ1n) is 7.49. The van der Waals surface area contributed by atoms with Gasteiger partial charge in [-0.15, -0.1) is 0 Å². The number of amides is 1. The van der Waals surface area contributed by atoms with Crippen molar-refractivity contribution in [3.63, 3.8) is 0 Å². The lowest BCUT2D eigenvalue weighted by atomic mass is 10.1. The van der Waals surface area contributed by atoms with Crippen LogP contribution in [0.5, 0.6) is 5.75 Å². The summed E-state index contributed by atoms with van der Waals surface area (Å²) in [6, 6.07) is 6.15. The highest BCUT2D eigenvalue weighted by molar-refractivity contribution is 5.78. The quantitative estimate of drug-likeness (QED) is 0.825. The minimum atomic E-state index is -0.0798. The van der Waals surface area contributed by atoms with E-state index in [0.29, 0.717) is 19.8 Å². The molecule has 0 aliphatic carbocycles. The van der Waals surface area contributed by atoms with Crippen LogP contribution in [0.25, 0.3) is 0 Å². The average molecular weight is 292 g/mol. The Hall–Kier alpha value is -1.59. The van der Waals surface area contributed by atoms with Crippen molar-refractivity contribution >= 4 is 5.91 Å². The van der Waals surface area contributed by atoms with Gasteiger partial charge in [0.15, 0.2) is 6.61 Å². The van der Waals surface area contributed by atoms with Crippen LogP contribution in [0.4, 0.5) is 0 Å². The van der Waals surface area contributed by atoms with Gasteiger partial charge in [0.05, 0.1) is 0 Å². The molecule has 1 aliphatic heterocycles. The molecule has 0 spiro atoms. The molecule has 21 heavy (non-hydrogen) atoms. The number of rotatable bonds is 6. The van der Waals surface area contributed by atoms with Crippen LogP contribution < -0.4 is 15.8 Å². The van der Waals surface area contributed by atoms with E-state index in [1.54, 1.807) is 0 Å². The van der Waals surface area contributed by atoms with Crippen molar-refractivity contribution in [2.24, 2.45) is 5.73 Å². The lowest BCUT2D eigenvalue weighted by Gasteiger charge is -2.23. The summed E-state index contributed by atoms with van der Waals surface area (Å²) in [6.07, 6.45) is 2.49. The van der Waals surface area contributed by atoms with Gasteiger partial charge in [-0.05, 0) is 43.9 Å². The Bertz CT molecular complexity index is 471. The molecule has 1 amide bonds. The molecule has 0 atom stereocenters. The summed E-state index contributed by atoms with van der Waals surface area (Å²) in [5.74, 6) is 0.703. The summed E-state index contributed by atoms with van der Waals surface area (Å²) in [4.78, 5) is 12.0. The number of para-hydroxylation sites is 1. The van der Waals surface area contributed by atoms with Crippen molar-refractivity contribution in [1.82, 2.24) is 5.32 Å². The number of carbonyl (C=O) groups excluding carboxylic acids is 1. The summed E-state index contributed by atoms with van der Waals surface area (Å²) in [7, 11) is 0. The average Bonchev–Trinajstić information content (AvgIpc) is 2.48. The summed E-state index contributed by atoms with van der Waals surface area (Å²) in [5.41, 5.74) is 7.69. The number of hydrogen-bond donors (Lipinski definition) is 2. The second-order valence-corrected chi connectivity index (χ2v) is 5.34. The zero-order valence-corrected chi connectivity index (χ0v) is 12.6. The van der Waals surface area contributed by atoms with Crippen LogP contribution in [0.2, 0.25) is 0 Å². The largest absolute Gasteiger partial charge is 0.483 e. The maximum Gasteiger partial charge on any atom is 0.258 e. The van der Waals surface area contributed by atoms with Crippen LogP contribution in [-0.2, 0) is 16.0 Å². The van der Waals surface area contributed by atoms with Crippen LogP contribution >= 0.6 is 0 Å². The Balaban J connectivity index is 1.88. The molecule has 1 aromatic carbocycles. The molecule has 1 saturated heterocycles. The third kappa shape index (κ3) is 4.72. The number of carbonyl (C=O) groups is 1. The van der Waals surface area contributed by atoms with E-state index in [1.807, 2.05) is 25.1 Å².